The average molecular weight is 710 g/mol. The van der Waals surface area contributed by atoms with Crippen LogP contribution < -0.4 is 17.0 Å². The highest BCUT2D eigenvalue weighted by Gasteiger charge is 2.27. The number of rotatable bonds is 7. The summed E-state index contributed by atoms with van der Waals surface area (Å²) in [6.07, 6.45) is -1.76. The van der Waals surface area contributed by atoms with Gasteiger partial charge in [-0.1, -0.05) is 0 Å². The fourth-order valence-corrected chi connectivity index (χ4v) is 4.66. The number of benzene rings is 2. The molecule has 0 aliphatic carbocycles. The number of phenolic OH excluding ortho intramolecular Hbond substituents is 1. The maximum Gasteiger partial charge on any atom is 0.349 e. The zero-order chi connectivity index (χ0) is 37.7. The maximum absolute atomic E-state index is 12.2. The number of aromatic amines is 2. The van der Waals surface area contributed by atoms with Crippen molar-refractivity contribution in [3.05, 3.63) is 94.7 Å². The van der Waals surface area contributed by atoms with Crippen molar-refractivity contribution in [2.45, 2.75) is 45.6 Å². The smallest absolute Gasteiger partial charge is 0.349 e. The first-order chi connectivity index (χ1) is 24.0. The fraction of sp³-hybridized carbons (Fsp3) is 0.276. The topological polar surface area (TPSA) is 349 Å². The fourth-order valence-electron chi connectivity index (χ4n) is 4.66. The van der Waals surface area contributed by atoms with Crippen LogP contribution in [0.4, 0.5) is 17.2 Å². The van der Waals surface area contributed by atoms with E-state index in [2.05, 4.69) is 34.9 Å². The zero-order valence-electron chi connectivity index (χ0n) is 27.0. The molecular weight excluding hydrogens is 678 g/mol. The molecule has 0 radical (unpaired) electrons. The molecule has 268 valence electrons. The Morgan fingerprint density at radius 2 is 1.61 bits per heavy atom. The minimum atomic E-state index is -1.64. The number of fused-ring (bicyclic) bond motifs is 3. The second-order valence-corrected chi connectivity index (χ2v) is 11.0. The van der Waals surface area contributed by atoms with Gasteiger partial charge in [-0.25, -0.2) is 24.7 Å². The number of aryl methyl sites for hydroxylation is 3. The molecule has 2 aliphatic rings. The van der Waals surface area contributed by atoms with E-state index in [0.717, 1.165) is 23.3 Å². The minimum absolute atomic E-state index is 0.0516. The number of hydrogen-bond acceptors (Lipinski definition) is 17. The summed E-state index contributed by atoms with van der Waals surface area (Å²) in [6, 6.07) is 5.33. The number of aromatic nitrogens is 8. The highest BCUT2D eigenvalue weighted by atomic mass is 16.6. The summed E-state index contributed by atoms with van der Waals surface area (Å²) < 4.78 is 1.40. The molecule has 22 nitrogen and oxygen atoms in total. The monoisotopic (exact) mass is 709 g/mol. The second kappa shape index (κ2) is 15.4. The van der Waals surface area contributed by atoms with Gasteiger partial charge in [-0.15, -0.1) is 0 Å². The quantitative estimate of drug-likeness (QED) is 0.0600. The standard InChI is InChI=1S/C17H20N4O6.C7H6N2O5.C5H5N5/c1-7-3-9-10(4-8(7)2)21(5-11(23)14(25)12(24)6-22)15-13(18-9)16(26)20-17(27)19-15;1-4-2-5(8(11)12)3-6(7(4)10)9(13)14;6-4-3-5(9-1-7-3)10-2-8-4/h3-4,11-12,14,22-25H,5-6H2,1-2H3,(H,20,26,27);2-3,10H,1H3;1-2H,(H3,6,7,8,9,10)/t11-,12+,14-;;/m0../s1. The van der Waals surface area contributed by atoms with E-state index >= 15 is 0 Å². The van der Waals surface area contributed by atoms with Crippen LogP contribution in [0.25, 0.3) is 33.7 Å². The molecule has 22 heteroatoms. The molecule has 9 N–H and O–H groups in total. The number of nitrogens with two attached hydrogens (primary N) is 1. The predicted octanol–water partition coefficient (Wildman–Crippen LogP) is -0.271. The van der Waals surface area contributed by atoms with Gasteiger partial charge in [0, 0.05) is 11.6 Å². The molecule has 51 heavy (non-hydrogen) atoms. The van der Waals surface area contributed by atoms with Crippen molar-refractivity contribution in [3.63, 3.8) is 0 Å². The number of aromatic hydroxyl groups is 1. The number of hydrogen-bond donors (Lipinski definition) is 8. The number of non-ortho nitro benzene ring substituents is 1. The van der Waals surface area contributed by atoms with E-state index in [-0.39, 0.29) is 23.6 Å². The Bertz CT molecular complexity index is 2320. The minimum Gasteiger partial charge on any atom is -0.502 e. The predicted molar refractivity (Wildman–Crippen MR) is 178 cm³/mol. The van der Waals surface area contributed by atoms with Crippen LogP contribution in [0.15, 0.2) is 46.5 Å². The van der Waals surface area contributed by atoms with Gasteiger partial charge in [-0.05, 0) is 44.0 Å². The zero-order valence-corrected chi connectivity index (χ0v) is 27.0. The van der Waals surface area contributed by atoms with Gasteiger partial charge in [0.1, 0.15) is 30.2 Å². The molecule has 6 rings (SSSR count). The Labute approximate surface area is 284 Å². The summed E-state index contributed by atoms with van der Waals surface area (Å²) in [5, 5.41) is 68.7. The highest BCUT2D eigenvalue weighted by Crippen LogP contribution is 2.33. The molecule has 2 aromatic carbocycles. The van der Waals surface area contributed by atoms with Crippen molar-refractivity contribution in [3.8, 4) is 17.3 Å². The van der Waals surface area contributed by atoms with Crippen LogP contribution in [0.2, 0.25) is 0 Å². The Kier molecular flexibility index (Phi) is 11.3. The van der Waals surface area contributed by atoms with Gasteiger partial charge in [0.05, 0.1) is 46.4 Å². The second-order valence-electron chi connectivity index (χ2n) is 11.0. The van der Waals surface area contributed by atoms with Gasteiger partial charge < -0.3 is 40.8 Å². The summed E-state index contributed by atoms with van der Waals surface area (Å²) in [5.74, 6) is -0.160. The molecule has 0 unspecified atom stereocenters. The summed E-state index contributed by atoms with van der Waals surface area (Å²) in [5.41, 5.74) is 6.93. The van der Waals surface area contributed by atoms with Crippen molar-refractivity contribution in [1.82, 2.24) is 39.5 Å². The Hall–Kier alpha value is -6.49. The lowest BCUT2D eigenvalue weighted by atomic mass is 10.1. The maximum atomic E-state index is 12.2. The third-order valence-corrected chi connectivity index (χ3v) is 7.49. The van der Waals surface area contributed by atoms with Gasteiger partial charge in [0.15, 0.2) is 28.7 Å². The first kappa shape index (κ1) is 37.3. The molecule has 0 fully saturated rings. The van der Waals surface area contributed by atoms with Crippen LogP contribution >= 0.6 is 0 Å². The molecule has 0 saturated heterocycles. The number of nitrogens with zero attached hydrogens (tertiary/aromatic N) is 8. The van der Waals surface area contributed by atoms with Crippen LogP contribution in [0.3, 0.4) is 0 Å². The van der Waals surface area contributed by atoms with Crippen LogP contribution in [-0.4, -0.2) is 99.8 Å². The number of nitrogen functional groups attached to an aromatic ring is 1. The van der Waals surface area contributed by atoms with Crippen LogP contribution in [0, 0.1) is 41.0 Å². The molecular formula is C29H31N11O11. The van der Waals surface area contributed by atoms with Gasteiger partial charge in [-0.3, -0.25) is 30.0 Å². The Balaban J connectivity index is 0.000000200. The van der Waals surface area contributed by atoms with E-state index in [9.17, 15) is 50.2 Å². The SMILES string of the molecule is Cc1cc([N+](=O)[O-])cc([N+](=O)[O-])c1O.Cc1cc2nc3c(=O)[nH]c(=O)nc-3n(C[C@H](O)[C@H](O)[C@H](O)CO)c2cc1C.Nc1ncnc2nc[nH]c12. The normalized spacial score (nSPS) is 12.8. The molecule has 0 spiro atoms. The average Bonchev–Trinajstić information content (AvgIpc) is 3.57. The lowest BCUT2D eigenvalue weighted by Crippen LogP contribution is -2.42. The first-order valence-corrected chi connectivity index (χ1v) is 14.6. The van der Waals surface area contributed by atoms with E-state index in [1.807, 2.05) is 13.8 Å². The molecule has 4 aromatic rings. The molecule has 0 bridgehead atoms. The van der Waals surface area contributed by atoms with Gasteiger partial charge in [0.2, 0.25) is 0 Å². The third kappa shape index (κ3) is 8.22. The van der Waals surface area contributed by atoms with E-state index in [1.54, 1.807) is 12.1 Å². The third-order valence-electron chi connectivity index (χ3n) is 7.49. The Morgan fingerprint density at radius 3 is 2.24 bits per heavy atom. The van der Waals surface area contributed by atoms with Gasteiger partial charge >= 0.3 is 11.4 Å². The summed E-state index contributed by atoms with van der Waals surface area (Å²) in [7, 11) is 0. The molecule has 0 saturated carbocycles. The number of aliphatic hydroxyl groups excluding tert-OH is 4. The van der Waals surface area contributed by atoms with E-state index < -0.39 is 63.1 Å². The van der Waals surface area contributed by atoms with Crippen molar-refractivity contribution in [2.24, 2.45) is 0 Å². The van der Waals surface area contributed by atoms with Gasteiger partial charge in [0.25, 0.3) is 11.2 Å². The summed E-state index contributed by atoms with van der Waals surface area (Å²) >= 11 is 0. The number of H-pyrrole nitrogens is 2. The van der Waals surface area contributed by atoms with Crippen LogP contribution in [0.5, 0.6) is 5.75 Å². The number of nitro groups is 2. The lowest BCUT2D eigenvalue weighted by molar-refractivity contribution is -0.394. The number of aliphatic hydroxyl groups is 4. The molecule has 0 amide bonds. The molecule has 3 atom stereocenters. The number of nitro benzene ring substituents is 2. The largest absolute Gasteiger partial charge is 0.502 e. The molecule has 2 aliphatic heterocycles. The highest BCUT2D eigenvalue weighted by molar-refractivity contribution is 5.81. The molecule has 4 heterocycles. The van der Waals surface area contributed by atoms with Crippen molar-refractivity contribution < 1.29 is 35.4 Å². The number of anilines is 1. The Morgan fingerprint density at radius 1 is 0.922 bits per heavy atom. The van der Waals surface area contributed by atoms with E-state index in [1.165, 1.54) is 24.1 Å². The van der Waals surface area contributed by atoms with Crippen LogP contribution in [-0.2, 0) is 6.54 Å². The molecule has 2 aromatic heterocycles. The number of imidazole rings is 1. The van der Waals surface area contributed by atoms with E-state index in [0.29, 0.717) is 28.0 Å². The first-order valence-electron chi connectivity index (χ1n) is 14.6. The van der Waals surface area contributed by atoms with Crippen molar-refractivity contribution in [2.75, 3.05) is 12.3 Å². The summed E-state index contributed by atoms with van der Waals surface area (Å²) in [6.45, 7) is 4.09. The number of phenols is 1. The van der Waals surface area contributed by atoms with Crippen LogP contribution in [0.1, 0.15) is 16.7 Å². The van der Waals surface area contributed by atoms with E-state index in [4.69, 9.17) is 10.8 Å². The van der Waals surface area contributed by atoms with Crippen molar-refractivity contribution in [1.29, 1.82) is 0 Å². The van der Waals surface area contributed by atoms with Crippen molar-refractivity contribution >= 4 is 39.4 Å². The number of nitrogens with one attached hydrogen (secondary N) is 2. The van der Waals surface area contributed by atoms with Gasteiger partial charge in [-0.2, -0.15) is 4.98 Å². The summed E-state index contributed by atoms with van der Waals surface area (Å²) in [4.78, 5) is 67.5. The lowest BCUT2D eigenvalue weighted by Gasteiger charge is -2.25.